The Hall–Kier alpha value is -1.33. The van der Waals surface area contributed by atoms with Crippen LogP contribution in [0.3, 0.4) is 0 Å². The SMILES string of the molecule is CCc1cc(COc2cc(Br)ccc2C(C)NC)n(C)n1. The number of nitrogens with one attached hydrogen (secondary N) is 1. The van der Waals surface area contributed by atoms with Gasteiger partial charge in [-0.2, -0.15) is 5.10 Å². The molecule has 0 bridgehead atoms. The van der Waals surface area contributed by atoms with Crippen molar-refractivity contribution in [3.05, 3.63) is 45.7 Å². The first kappa shape index (κ1) is 16.0. The first-order chi connectivity index (χ1) is 10.0. The molecule has 114 valence electrons. The van der Waals surface area contributed by atoms with Crippen LogP contribution in [0.1, 0.15) is 36.8 Å². The van der Waals surface area contributed by atoms with Crippen LogP contribution in [-0.4, -0.2) is 16.8 Å². The van der Waals surface area contributed by atoms with Gasteiger partial charge in [-0.05, 0) is 38.6 Å². The van der Waals surface area contributed by atoms with Crippen LogP contribution in [0.15, 0.2) is 28.7 Å². The van der Waals surface area contributed by atoms with Gasteiger partial charge >= 0.3 is 0 Å². The first-order valence-corrected chi connectivity index (χ1v) is 7.95. The average molecular weight is 352 g/mol. The van der Waals surface area contributed by atoms with Crippen LogP contribution >= 0.6 is 15.9 Å². The molecule has 0 aliphatic carbocycles. The number of hydrogen-bond donors (Lipinski definition) is 1. The van der Waals surface area contributed by atoms with Gasteiger partial charge in [-0.25, -0.2) is 0 Å². The van der Waals surface area contributed by atoms with Gasteiger partial charge in [0.05, 0.1) is 11.4 Å². The number of ether oxygens (including phenoxy) is 1. The summed E-state index contributed by atoms with van der Waals surface area (Å²) < 4.78 is 8.94. The van der Waals surface area contributed by atoms with E-state index in [1.807, 2.05) is 30.9 Å². The molecule has 0 radical (unpaired) electrons. The van der Waals surface area contributed by atoms with Crippen LogP contribution < -0.4 is 10.1 Å². The highest BCUT2D eigenvalue weighted by Crippen LogP contribution is 2.29. The van der Waals surface area contributed by atoms with Crippen molar-refractivity contribution >= 4 is 15.9 Å². The van der Waals surface area contributed by atoms with E-state index in [1.165, 1.54) is 0 Å². The van der Waals surface area contributed by atoms with Gasteiger partial charge in [-0.3, -0.25) is 4.68 Å². The second-order valence-electron chi connectivity index (χ2n) is 5.09. The quantitative estimate of drug-likeness (QED) is 0.863. The maximum atomic E-state index is 6.03. The smallest absolute Gasteiger partial charge is 0.130 e. The minimum Gasteiger partial charge on any atom is -0.487 e. The molecule has 1 heterocycles. The van der Waals surface area contributed by atoms with E-state index in [0.717, 1.165) is 33.6 Å². The second-order valence-corrected chi connectivity index (χ2v) is 6.00. The van der Waals surface area contributed by atoms with Crippen LogP contribution in [-0.2, 0) is 20.1 Å². The van der Waals surface area contributed by atoms with Gasteiger partial charge in [0.25, 0.3) is 0 Å². The third-order valence-corrected chi connectivity index (χ3v) is 4.13. The molecule has 0 spiro atoms. The molecule has 0 saturated carbocycles. The molecule has 2 rings (SSSR count). The summed E-state index contributed by atoms with van der Waals surface area (Å²) in [5.41, 5.74) is 3.32. The number of rotatable bonds is 6. The van der Waals surface area contributed by atoms with E-state index in [2.05, 4.69) is 52.3 Å². The van der Waals surface area contributed by atoms with Crippen molar-refractivity contribution in [3.63, 3.8) is 0 Å². The molecule has 4 nitrogen and oxygen atoms in total. The van der Waals surface area contributed by atoms with Crippen molar-refractivity contribution in [1.29, 1.82) is 0 Å². The molecule has 21 heavy (non-hydrogen) atoms. The Balaban J connectivity index is 2.18. The number of aryl methyl sites for hydroxylation is 2. The van der Waals surface area contributed by atoms with Crippen LogP contribution in [0, 0.1) is 0 Å². The molecule has 0 amide bonds. The summed E-state index contributed by atoms with van der Waals surface area (Å²) >= 11 is 3.51. The van der Waals surface area contributed by atoms with E-state index in [0.29, 0.717) is 6.61 Å². The maximum absolute atomic E-state index is 6.03. The molecular weight excluding hydrogens is 330 g/mol. The van der Waals surface area contributed by atoms with Crippen molar-refractivity contribution in [2.24, 2.45) is 7.05 Å². The molecule has 0 aliphatic heterocycles. The minimum atomic E-state index is 0.242. The normalized spacial score (nSPS) is 12.4. The number of halogens is 1. The Kier molecular flexibility index (Phi) is 5.42. The molecule has 1 aromatic heterocycles. The highest BCUT2D eigenvalue weighted by Gasteiger charge is 2.12. The Morgan fingerprint density at radius 3 is 2.76 bits per heavy atom. The highest BCUT2D eigenvalue weighted by molar-refractivity contribution is 9.10. The number of nitrogens with zero attached hydrogens (tertiary/aromatic N) is 2. The first-order valence-electron chi connectivity index (χ1n) is 7.16. The molecule has 1 atom stereocenters. The van der Waals surface area contributed by atoms with Crippen molar-refractivity contribution in [1.82, 2.24) is 15.1 Å². The maximum Gasteiger partial charge on any atom is 0.130 e. The fraction of sp³-hybridized carbons (Fsp3) is 0.438. The van der Waals surface area contributed by atoms with Gasteiger partial charge in [-0.1, -0.05) is 28.9 Å². The predicted octanol–water partition coefficient (Wildman–Crippen LogP) is 3.60. The third-order valence-electron chi connectivity index (χ3n) is 3.64. The van der Waals surface area contributed by atoms with Gasteiger partial charge in [0.15, 0.2) is 0 Å². The molecule has 0 aliphatic rings. The van der Waals surface area contributed by atoms with E-state index in [4.69, 9.17) is 4.74 Å². The monoisotopic (exact) mass is 351 g/mol. The Morgan fingerprint density at radius 2 is 2.14 bits per heavy atom. The lowest BCUT2D eigenvalue weighted by Gasteiger charge is -2.17. The van der Waals surface area contributed by atoms with Crippen molar-refractivity contribution in [3.8, 4) is 5.75 Å². The molecule has 1 aromatic carbocycles. The molecule has 5 heteroatoms. The zero-order chi connectivity index (χ0) is 15.4. The van der Waals surface area contributed by atoms with Crippen LogP contribution in [0.25, 0.3) is 0 Å². The van der Waals surface area contributed by atoms with E-state index >= 15 is 0 Å². The molecule has 2 aromatic rings. The summed E-state index contributed by atoms with van der Waals surface area (Å²) in [5, 5.41) is 7.70. The summed E-state index contributed by atoms with van der Waals surface area (Å²) in [7, 11) is 3.90. The second kappa shape index (κ2) is 7.09. The van der Waals surface area contributed by atoms with Gasteiger partial charge in [-0.15, -0.1) is 0 Å². The summed E-state index contributed by atoms with van der Waals surface area (Å²) in [4.78, 5) is 0. The largest absolute Gasteiger partial charge is 0.487 e. The fourth-order valence-corrected chi connectivity index (χ4v) is 2.52. The lowest BCUT2D eigenvalue weighted by molar-refractivity contribution is 0.289. The summed E-state index contributed by atoms with van der Waals surface area (Å²) in [6.45, 7) is 4.74. The third kappa shape index (κ3) is 3.86. The van der Waals surface area contributed by atoms with E-state index in [-0.39, 0.29) is 6.04 Å². The average Bonchev–Trinajstić information content (AvgIpc) is 2.85. The van der Waals surface area contributed by atoms with Crippen LogP contribution in [0.2, 0.25) is 0 Å². The molecular formula is C16H22BrN3O. The van der Waals surface area contributed by atoms with Crippen molar-refractivity contribution in [2.45, 2.75) is 32.9 Å². The molecule has 0 fully saturated rings. The number of benzene rings is 1. The summed E-state index contributed by atoms with van der Waals surface area (Å²) in [6.07, 6.45) is 0.937. The van der Waals surface area contributed by atoms with Gasteiger partial charge in [0, 0.05) is 23.1 Å². The topological polar surface area (TPSA) is 39.1 Å². The predicted molar refractivity (Wildman–Crippen MR) is 88.5 cm³/mol. The van der Waals surface area contributed by atoms with E-state index in [9.17, 15) is 0 Å². The lowest BCUT2D eigenvalue weighted by Crippen LogP contribution is -2.14. The summed E-state index contributed by atoms with van der Waals surface area (Å²) in [6, 6.07) is 8.47. The van der Waals surface area contributed by atoms with Gasteiger partial charge in [0.1, 0.15) is 12.4 Å². The standard InChI is InChI=1S/C16H22BrN3O/c1-5-13-9-14(20(4)19-13)10-21-16-8-12(17)6-7-15(16)11(2)18-3/h6-9,11,18H,5,10H2,1-4H3. The van der Waals surface area contributed by atoms with Crippen molar-refractivity contribution in [2.75, 3.05) is 7.05 Å². The van der Waals surface area contributed by atoms with Crippen molar-refractivity contribution < 1.29 is 4.74 Å². The zero-order valence-corrected chi connectivity index (χ0v) is 14.6. The molecule has 0 saturated heterocycles. The summed E-state index contributed by atoms with van der Waals surface area (Å²) in [5.74, 6) is 0.894. The number of aromatic nitrogens is 2. The van der Waals surface area contributed by atoms with Gasteiger partial charge in [0.2, 0.25) is 0 Å². The fourth-order valence-electron chi connectivity index (χ4n) is 2.18. The van der Waals surface area contributed by atoms with Crippen LogP contribution in [0.5, 0.6) is 5.75 Å². The Bertz CT molecular complexity index is 610. The number of hydrogen-bond acceptors (Lipinski definition) is 3. The minimum absolute atomic E-state index is 0.242. The highest BCUT2D eigenvalue weighted by atomic mass is 79.9. The van der Waals surface area contributed by atoms with Crippen LogP contribution in [0.4, 0.5) is 0 Å². The zero-order valence-electron chi connectivity index (χ0n) is 13.0. The molecule has 1 unspecified atom stereocenters. The molecule has 1 N–H and O–H groups in total. The van der Waals surface area contributed by atoms with Gasteiger partial charge < -0.3 is 10.1 Å². The Labute approximate surface area is 134 Å². The lowest BCUT2D eigenvalue weighted by atomic mass is 10.1. The Morgan fingerprint density at radius 1 is 1.38 bits per heavy atom. The van der Waals surface area contributed by atoms with E-state index in [1.54, 1.807) is 0 Å². The van der Waals surface area contributed by atoms with E-state index < -0.39 is 0 Å².